The van der Waals surface area contributed by atoms with Gasteiger partial charge in [-0.1, -0.05) is 67.3 Å². The largest absolute Gasteiger partial charge is 0.494 e. The van der Waals surface area contributed by atoms with Gasteiger partial charge < -0.3 is 15.0 Å². The Morgan fingerprint density at radius 1 is 1.08 bits per heavy atom. The summed E-state index contributed by atoms with van der Waals surface area (Å²) in [5.41, 5.74) is 3.12. The number of aromatic nitrogens is 2. The molecule has 194 valence electrons. The van der Waals surface area contributed by atoms with Crippen molar-refractivity contribution in [3.63, 3.8) is 0 Å². The van der Waals surface area contributed by atoms with Gasteiger partial charge in [-0.25, -0.2) is 4.98 Å². The van der Waals surface area contributed by atoms with E-state index in [9.17, 15) is 9.59 Å². The Kier molecular flexibility index (Phi) is 9.24. The normalized spacial score (nSPS) is 14.5. The number of aryl methyl sites for hydroxylation is 1. The van der Waals surface area contributed by atoms with Crippen molar-refractivity contribution in [3.05, 3.63) is 89.5 Å². The van der Waals surface area contributed by atoms with Crippen LogP contribution in [0.25, 0.3) is 0 Å². The highest BCUT2D eigenvalue weighted by molar-refractivity contribution is 5.96. The van der Waals surface area contributed by atoms with Crippen LogP contribution in [-0.2, 0) is 11.2 Å². The third-order valence-corrected chi connectivity index (χ3v) is 6.79. The number of nitrogens with zero attached hydrogens (tertiary/aromatic N) is 3. The Hall–Kier alpha value is -3.74. The maximum Gasteiger partial charge on any atom is 0.275 e. The molecule has 1 aromatic heterocycles. The summed E-state index contributed by atoms with van der Waals surface area (Å²) in [4.78, 5) is 37.9. The van der Waals surface area contributed by atoms with Crippen molar-refractivity contribution < 1.29 is 14.3 Å². The number of ether oxygens (including phenoxy) is 1. The number of amides is 2. The maximum atomic E-state index is 14.0. The first-order chi connectivity index (χ1) is 18.1. The summed E-state index contributed by atoms with van der Waals surface area (Å²) in [7, 11) is 0. The van der Waals surface area contributed by atoms with Gasteiger partial charge in [0.1, 0.15) is 17.5 Å². The Balaban J connectivity index is 1.74. The average molecular weight is 501 g/mol. The SMILES string of the molecule is CCOc1ccccc1[C@H](C(=O)NC1CCCCC1)N(CCc1cccc(C)c1)C(=O)c1cnccn1. The second-order valence-electron chi connectivity index (χ2n) is 9.55. The molecule has 1 saturated carbocycles. The molecule has 0 bridgehead atoms. The number of nitrogens with one attached hydrogen (secondary N) is 1. The Bertz CT molecular complexity index is 1180. The summed E-state index contributed by atoms with van der Waals surface area (Å²) in [5, 5.41) is 3.26. The van der Waals surface area contributed by atoms with Crippen LogP contribution >= 0.6 is 0 Å². The Labute approximate surface area is 219 Å². The van der Waals surface area contributed by atoms with E-state index >= 15 is 0 Å². The van der Waals surface area contributed by atoms with Crippen LogP contribution in [0, 0.1) is 6.92 Å². The molecule has 0 saturated heterocycles. The minimum absolute atomic E-state index is 0.105. The monoisotopic (exact) mass is 500 g/mol. The van der Waals surface area contributed by atoms with E-state index in [1.54, 1.807) is 4.90 Å². The first-order valence-corrected chi connectivity index (χ1v) is 13.2. The lowest BCUT2D eigenvalue weighted by Crippen LogP contribution is -2.48. The molecule has 2 aromatic carbocycles. The lowest BCUT2D eigenvalue weighted by molar-refractivity contribution is -0.127. The molecule has 0 radical (unpaired) electrons. The topological polar surface area (TPSA) is 84.4 Å². The van der Waals surface area contributed by atoms with Gasteiger partial charge in [0.05, 0.1) is 12.8 Å². The van der Waals surface area contributed by atoms with Crippen molar-refractivity contribution in [2.24, 2.45) is 0 Å². The van der Waals surface area contributed by atoms with Crippen LogP contribution in [0.1, 0.15) is 72.2 Å². The van der Waals surface area contributed by atoms with Crippen LogP contribution in [0.4, 0.5) is 0 Å². The molecule has 0 aliphatic heterocycles. The molecule has 37 heavy (non-hydrogen) atoms. The van der Waals surface area contributed by atoms with E-state index in [0.717, 1.165) is 36.8 Å². The second-order valence-corrected chi connectivity index (χ2v) is 9.55. The zero-order valence-electron chi connectivity index (χ0n) is 21.7. The van der Waals surface area contributed by atoms with Crippen LogP contribution in [0.3, 0.4) is 0 Å². The highest BCUT2D eigenvalue weighted by atomic mass is 16.5. The van der Waals surface area contributed by atoms with Gasteiger partial charge in [-0.15, -0.1) is 0 Å². The van der Waals surface area contributed by atoms with Crippen molar-refractivity contribution >= 4 is 11.8 Å². The van der Waals surface area contributed by atoms with Gasteiger partial charge in [0.25, 0.3) is 5.91 Å². The highest BCUT2D eigenvalue weighted by Crippen LogP contribution is 2.32. The Morgan fingerprint density at radius 2 is 1.89 bits per heavy atom. The van der Waals surface area contributed by atoms with Gasteiger partial charge in [-0.05, 0) is 44.7 Å². The molecule has 0 unspecified atom stereocenters. The first kappa shape index (κ1) is 26.3. The van der Waals surface area contributed by atoms with Crippen LogP contribution in [0.5, 0.6) is 5.75 Å². The van der Waals surface area contributed by atoms with Crippen LogP contribution < -0.4 is 10.1 Å². The summed E-state index contributed by atoms with van der Waals surface area (Å²) in [6, 6.07) is 14.9. The number of para-hydroxylation sites is 1. The zero-order valence-corrected chi connectivity index (χ0v) is 21.7. The minimum Gasteiger partial charge on any atom is -0.494 e. The maximum absolute atomic E-state index is 14.0. The van der Waals surface area contributed by atoms with E-state index in [1.165, 1.54) is 25.0 Å². The van der Waals surface area contributed by atoms with Gasteiger partial charge >= 0.3 is 0 Å². The highest BCUT2D eigenvalue weighted by Gasteiger charge is 2.35. The lowest BCUT2D eigenvalue weighted by Gasteiger charge is -2.34. The molecule has 0 spiro atoms. The molecule has 1 atom stereocenters. The van der Waals surface area contributed by atoms with Gasteiger partial charge in [0.2, 0.25) is 5.91 Å². The van der Waals surface area contributed by atoms with Crippen molar-refractivity contribution in [3.8, 4) is 5.75 Å². The summed E-state index contributed by atoms with van der Waals surface area (Å²) < 4.78 is 5.93. The van der Waals surface area contributed by atoms with Crippen LogP contribution in [0.2, 0.25) is 0 Å². The average Bonchev–Trinajstić information content (AvgIpc) is 2.92. The van der Waals surface area contributed by atoms with Gasteiger partial charge in [0.15, 0.2) is 0 Å². The molecule has 1 aliphatic rings. The van der Waals surface area contributed by atoms with E-state index < -0.39 is 6.04 Å². The summed E-state index contributed by atoms with van der Waals surface area (Å²) >= 11 is 0. The minimum atomic E-state index is -0.871. The predicted octanol–water partition coefficient (Wildman–Crippen LogP) is 5.06. The smallest absolute Gasteiger partial charge is 0.275 e. The van der Waals surface area contributed by atoms with Gasteiger partial charge in [0, 0.05) is 30.5 Å². The molecule has 1 heterocycles. The second kappa shape index (κ2) is 13.0. The molecule has 1 N–H and O–H groups in total. The number of benzene rings is 2. The van der Waals surface area contributed by atoms with E-state index in [1.807, 2.05) is 56.3 Å². The summed E-state index contributed by atoms with van der Waals surface area (Å²) in [6.07, 6.45) is 10.4. The van der Waals surface area contributed by atoms with Gasteiger partial charge in [-0.2, -0.15) is 0 Å². The molecular formula is C30H36N4O3. The van der Waals surface area contributed by atoms with E-state index in [-0.39, 0.29) is 23.6 Å². The standard InChI is InChI=1S/C30H36N4O3/c1-3-37-27-15-8-7-14-25(27)28(29(35)33-24-12-5-4-6-13-24)34(30(36)26-21-31-17-18-32-26)19-16-23-11-9-10-22(2)20-23/h7-11,14-15,17-18,20-21,24,28H,3-6,12-13,16,19H2,1-2H3,(H,33,35)/t28-/m1/s1. The fourth-order valence-corrected chi connectivity index (χ4v) is 4.99. The summed E-state index contributed by atoms with van der Waals surface area (Å²) in [5.74, 6) is 0.0673. The van der Waals surface area contributed by atoms with E-state index in [2.05, 4.69) is 21.4 Å². The molecular weight excluding hydrogens is 464 g/mol. The number of hydrogen-bond donors (Lipinski definition) is 1. The van der Waals surface area contributed by atoms with Crippen molar-refractivity contribution in [1.29, 1.82) is 0 Å². The third kappa shape index (κ3) is 6.94. The van der Waals surface area contributed by atoms with Crippen LogP contribution in [0.15, 0.2) is 67.1 Å². The molecule has 4 rings (SSSR count). The Morgan fingerprint density at radius 3 is 2.62 bits per heavy atom. The third-order valence-electron chi connectivity index (χ3n) is 6.79. The van der Waals surface area contributed by atoms with E-state index in [0.29, 0.717) is 30.9 Å². The fraction of sp³-hybridized carbons (Fsp3) is 0.400. The number of carbonyl (C=O) groups excluding carboxylic acids is 2. The molecule has 1 fully saturated rings. The molecule has 3 aromatic rings. The zero-order chi connectivity index (χ0) is 26.0. The lowest BCUT2D eigenvalue weighted by atomic mass is 9.94. The first-order valence-electron chi connectivity index (χ1n) is 13.2. The van der Waals surface area contributed by atoms with E-state index in [4.69, 9.17) is 4.74 Å². The molecule has 7 nitrogen and oxygen atoms in total. The number of rotatable bonds is 10. The quantitative estimate of drug-likeness (QED) is 0.421. The molecule has 1 aliphatic carbocycles. The molecule has 7 heteroatoms. The van der Waals surface area contributed by atoms with Gasteiger partial charge in [-0.3, -0.25) is 14.6 Å². The summed E-state index contributed by atoms with van der Waals surface area (Å²) in [6.45, 7) is 4.75. The number of carbonyl (C=O) groups is 2. The molecule has 2 amide bonds. The number of hydrogen-bond acceptors (Lipinski definition) is 5. The predicted molar refractivity (Wildman–Crippen MR) is 143 cm³/mol. The van der Waals surface area contributed by atoms with Crippen molar-refractivity contribution in [2.45, 2.75) is 64.5 Å². The van der Waals surface area contributed by atoms with Crippen molar-refractivity contribution in [2.75, 3.05) is 13.2 Å². The fourth-order valence-electron chi connectivity index (χ4n) is 4.99. The van der Waals surface area contributed by atoms with Crippen LogP contribution in [-0.4, -0.2) is 45.9 Å². The van der Waals surface area contributed by atoms with Crippen molar-refractivity contribution in [1.82, 2.24) is 20.2 Å².